The average Bonchev–Trinajstić information content (AvgIpc) is 2.89. The molecule has 3 fully saturated rings. The molecule has 4 N–H and O–H groups in total. The Labute approximate surface area is 213 Å². The standard InChI is InChI=1S/C24H43ClN2O6S/c1-12(2)9-14-7-8-32-24(4)15(10-14)11-27(5)21(24)22(31)26-16(13(3)25)20-18(29)17(28)19(30)23(33-20)34-6/h12-21,23,28-30H,7-11H2,1-6H3,(H,26,31)/t13-,14-,15-,16+,17?,18?,19?,20?,21+,23?,24+/m0/s1. The number of hydrogen-bond acceptors (Lipinski definition) is 8. The van der Waals surface area contributed by atoms with Gasteiger partial charge in [-0.2, -0.15) is 0 Å². The second-order valence-electron chi connectivity index (χ2n) is 11.0. The molecule has 0 spiro atoms. The molecule has 1 amide bonds. The van der Waals surface area contributed by atoms with Crippen LogP contribution in [0.2, 0.25) is 0 Å². The van der Waals surface area contributed by atoms with E-state index in [0.29, 0.717) is 18.4 Å². The van der Waals surface area contributed by atoms with Gasteiger partial charge in [-0.3, -0.25) is 9.69 Å². The first kappa shape index (κ1) is 28.4. The Morgan fingerprint density at radius 3 is 2.50 bits per heavy atom. The average molecular weight is 523 g/mol. The number of amides is 1. The highest BCUT2D eigenvalue weighted by Gasteiger charge is 2.56. The van der Waals surface area contributed by atoms with Gasteiger partial charge in [0.05, 0.1) is 17.0 Å². The van der Waals surface area contributed by atoms with Crippen LogP contribution < -0.4 is 5.32 Å². The molecule has 198 valence electrons. The number of thioether (sulfide) groups is 1. The molecule has 0 bridgehead atoms. The van der Waals surface area contributed by atoms with Gasteiger partial charge in [0.25, 0.3) is 0 Å². The molecule has 34 heavy (non-hydrogen) atoms. The van der Waals surface area contributed by atoms with Gasteiger partial charge in [-0.25, -0.2) is 0 Å². The third kappa shape index (κ3) is 5.72. The minimum atomic E-state index is -1.40. The molecule has 0 saturated carbocycles. The molecule has 3 aliphatic rings. The lowest BCUT2D eigenvalue weighted by atomic mass is 9.79. The highest BCUT2D eigenvalue weighted by Crippen LogP contribution is 2.44. The first-order valence-corrected chi connectivity index (χ1v) is 14.1. The number of aliphatic hydroxyl groups is 3. The summed E-state index contributed by atoms with van der Waals surface area (Å²) in [6, 6.07) is -1.28. The SMILES string of the molecule is CSC1OC([C@H](NC(=O)[C@H]2N(C)C[C@@H]3C[C@H](CC(C)C)CCO[C@]32C)[C@H](C)Cl)C(O)C(O)C1O. The van der Waals surface area contributed by atoms with Crippen LogP contribution in [0.1, 0.15) is 47.0 Å². The van der Waals surface area contributed by atoms with E-state index in [-0.39, 0.29) is 11.8 Å². The fourth-order valence-corrected chi connectivity index (χ4v) is 7.06. The van der Waals surface area contributed by atoms with E-state index in [1.807, 2.05) is 14.0 Å². The fraction of sp³-hybridized carbons (Fsp3) is 0.958. The second-order valence-corrected chi connectivity index (χ2v) is 12.6. The Morgan fingerprint density at radius 1 is 1.24 bits per heavy atom. The number of likely N-dealkylation sites (N-methyl/N-ethyl adjacent to an activating group) is 1. The number of halogens is 1. The van der Waals surface area contributed by atoms with Crippen LogP contribution in [0.15, 0.2) is 0 Å². The van der Waals surface area contributed by atoms with E-state index in [1.165, 1.54) is 11.8 Å². The van der Waals surface area contributed by atoms with Gasteiger partial charge >= 0.3 is 0 Å². The summed E-state index contributed by atoms with van der Waals surface area (Å²) >= 11 is 7.70. The summed E-state index contributed by atoms with van der Waals surface area (Å²) in [5, 5.41) is 33.7. The zero-order chi connectivity index (χ0) is 25.4. The predicted molar refractivity (Wildman–Crippen MR) is 134 cm³/mol. The van der Waals surface area contributed by atoms with Crippen molar-refractivity contribution in [1.82, 2.24) is 10.2 Å². The number of alkyl halides is 1. The van der Waals surface area contributed by atoms with Crippen LogP contribution in [-0.4, -0.2) is 105 Å². The normalized spacial score (nSPS) is 43.3. The summed E-state index contributed by atoms with van der Waals surface area (Å²) in [5.74, 6) is 1.21. The van der Waals surface area contributed by atoms with Gasteiger partial charge in [0.15, 0.2) is 0 Å². The van der Waals surface area contributed by atoms with Crippen LogP contribution in [0.5, 0.6) is 0 Å². The monoisotopic (exact) mass is 522 g/mol. The van der Waals surface area contributed by atoms with Crippen LogP contribution in [0.4, 0.5) is 0 Å². The van der Waals surface area contributed by atoms with E-state index >= 15 is 0 Å². The Hall–Kier alpha value is -0.130. The van der Waals surface area contributed by atoms with Crippen molar-refractivity contribution in [3.8, 4) is 0 Å². The molecular formula is C24H43ClN2O6S. The lowest BCUT2D eigenvalue weighted by Crippen LogP contribution is -2.66. The van der Waals surface area contributed by atoms with Crippen molar-refractivity contribution in [1.29, 1.82) is 0 Å². The van der Waals surface area contributed by atoms with Crippen LogP contribution in [-0.2, 0) is 14.3 Å². The summed E-state index contributed by atoms with van der Waals surface area (Å²) in [5.41, 5.74) is -1.37. The van der Waals surface area contributed by atoms with Crippen molar-refractivity contribution in [3.63, 3.8) is 0 Å². The molecule has 11 atom stereocenters. The van der Waals surface area contributed by atoms with Gasteiger partial charge in [0.1, 0.15) is 35.9 Å². The lowest BCUT2D eigenvalue weighted by molar-refractivity contribution is -0.205. The maximum atomic E-state index is 13.7. The molecule has 3 saturated heterocycles. The number of ether oxygens (including phenoxy) is 2. The van der Waals surface area contributed by atoms with E-state index in [2.05, 4.69) is 24.1 Å². The highest BCUT2D eigenvalue weighted by atomic mass is 35.5. The topological polar surface area (TPSA) is 111 Å². The molecule has 0 aromatic carbocycles. The molecule has 0 aromatic heterocycles. The quantitative estimate of drug-likeness (QED) is 0.372. The summed E-state index contributed by atoms with van der Waals surface area (Å²) in [7, 11) is 1.94. The van der Waals surface area contributed by atoms with E-state index in [9.17, 15) is 20.1 Å². The zero-order valence-electron chi connectivity index (χ0n) is 21.2. The van der Waals surface area contributed by atoms with Crippen molar-refractivity contribution in [3.05, 3.63) is 0 Å². The molecule has 3 rings (SSSR count). The Bertz CT molecular complexity index is 700. The van der Waals surface area contributed by atoms with E-state index < -0.39 is 52.9 Å². The number of hydrogen-bond donors (Lipinski definition) is 4. The molecular weight excluding hydrogens is 480 g/mol. The molecule has 0 aromatic rings. The minimum Gasteiger partial charge on any atom is -0.388 e. The molecule has 3 aliphatic heterocycles. The van der Waals surface area contributed by atoms with Crippen LogP contribution in [0.3, 0.4) is 0 Å². The molecule has 8 nitrogen and oxygen atoms in total. The van der Waals surface area contributed by atoms with E-state index in [4.69, 9.17) is 21.1 Å². The van der Waals surface area contributed by atoms with Gasteiger partial charge in [0, 0.05) is 19.1 Å². The second kappa shape index (κ2) is 11.5. The third-order valence-corrected chi connectivity index (χ3v) is 9.04. The van der Waals surface area contributed by atoms with Gasteiger partial charge in [0.2, 0.25) is 5.91 Å². The smallest absolute Gasteiger partial charge is 0.240 e. The van der Waals surface area contributed by atoms with E-state index in [1.54, 1.807) is 13.2 Å². The van der Waals surface area contributed by atoms with E-state index in [0.717, 1.165) is 25.8 Å². The number of rotatable bonds is 7. The Balaban J connectivity index is 1.78. The number of aliphatic hydroxyl groups excluding tert-OH is 3. The van der Waals surface area contributed by atoms with Crippen molar-refractivity contribution < 1.29 is 29.6 Å². The molecule has 0 aliphatic carbocycles. The van der Waals surface area contributed by atoms with Gasteiger partial charge in [-0.05, 0) is 58.2 Å². The molecule has 0 radical (unpaired) electrons. The molecule has 3 heterocycles. The number of nitrogens with one attached hydrogen (secondary N) is 1. The Kier molecular flexibility index (Phi) is 9.62. The van der Waals surface area contributed by atoms with Gasteiger partial charge in [-0.1, -0.05) is 13.8 Å². The number of carbonyl (C=O) groups excluding carboxylic acids is 1. The number of nitrogens with zero attached hydrogens (tertiary/aromatic N) is 1. The van der Waals surface area contributed by atoms with Gasteiger partial charge < -0.3 is 30.1 Å². The lowest BCUT2D eigenvalue weighted by Gasteiger charge is -2.44. The van der Waals surface area contributed by atoms with Crippen molar-refractivity contribution >= 4 is 29.3 Å². The maximum absolute atomic E-state index is 13.7. The maximum Gasteiger partial charge on any atom is 0.240 e. The summed E-state index contributed by atoms with van der Waals surface area (Å²) in [6.45, 7) is 9.64. The largest absolute Gasteiger partial charge is 0.388 e. The minimum absolute atomic E-state index is 0.232. The molecule has 10 heteroatoms. The van der Waals surface area contributed by atoms with Crippen LogP contribution in [0.25, 0.3) is 0 Å². The number of likely N-dealkylation sites (tertiary alicyclic amines) is 1. The van der Waals surface area contributed by atoms with Crippen LogP contribution >= 0.6 is 23.4 Å². The van der Waals surface area contributed by atoms with Crippen molar-refractivity contribution in [2.24, 2.45) is 17.8 Å². The first-order chi connectivity index (χ1) is 15.9. The number of fused-ring (bicyclic) bond motifs is 1. The summed E-state index contributed by atoms with van der Waals surface area (Å²) in [4.78, 5) is 15.8. The fourth-order valence-electron chi connectivity index (χ4n) is 6.17. The van der Waals surface area contributed by atoms with Crippen molar-refractivity contribution in [2.75, 3.05) is 26.5 Å². The third-order valence-electron chi connectivity index (χ3n) is 7.91. The molecule has 5 unspecified atom stereocenters. The number of carbonyl (C=O) groups is 1. The highest BCUT2D eigenvalue weighted by molar-refractivity contribution is 7.99. The van der Waals surface area contributed by atoms with Crippen LogP contribution in [0, 0.1) is 17.8 Å². The zero-order valence-corrected chi connectivity index (χ0v) is 22.8. The summed E-state index contributed by atoms with van der Waals surface area (Å²) in [6.07, 6.45) is -0.0492. The predicted octanol–water partition coefficient (Wildman–Crippen LogP) is 1.43. The van der Waals surface area contributed by atoms with Gasteiger partial charge in [-0.15, -0.1) is 23.4 Å². The summed E-state index contributed by atoms with van der Waals surface area (Å²) < 4.78 is 12.3. The van der Waals surface area contributed by atoms with Crippen molar-refractivity contribution in [2.45, 2.75) is 99.9 Å². The Morgan fingerprint density at radius 2 is 1.91 bits per heavy atom. The first-order valence-electron chi connectivity index (χ1n) is 12.4.